The first kappa shape index (κ1) is 24.6. The van der Waals surface area contributed by atoms with Gasteiger partial charge in [-0.15, -0.1) is 0 Å². The highest BCUT2D eigenvalue weighted by molar-refractivity contribution is 9.10. The van der Waals surface area contributed by atoms with Gasteiger partial charge in [0.2, 0.25) is 5.95 Å². The van der Waals surface area contributed by atoms with E-state index in [1.54, 1.807) is 44.8 Å². The molecule has 0 amide bonds. The fraction of sp³-hybridized carbons (Fsp3) is 0.217. The molecule has 172 valence electrons. The predicted octanol–water partition coefficient (Wildman–Crippen LogP) is 5.56. The molecule has 0 spiro atoms. The molecule has 2 aromatic carbocycles. The molecule has 0 aliphatic rings. The molecule has 3 aromatic rings. The Morgan fingerprint density at radius 3 is 2.58 bits per heavy atom. The van der Waals surface area contributed by atoms with Crippen LogP contribution in [0.4, 0.5) is 23.1 Å². The number of hydrogen-bond donors (Lipinski definition) is 4. The van der Waals surface area contributed by atoms with Crippen molar-refractivity contribution in [1.29, 1.82) is 10.8 Å². The average molecular weight is 529 g/mol. The summed E-state index contributed by atoms with van der Waals surface area (Å²) in [7, 11) is -1.09. The van der Waals surface area contributed by atoms with Crippen LogP contribution in [0, 0.1) is 10.8 Å². The zero-order chi connectivity index (χ0) is 24.2. The van der Waals surface area contributed by atoms with E-state index in [1.165, 1.54) is 0 Å². The van der Waals surface area contributed by atoms with E-state index in [9.17, 15) is 4.57 Å². The normalized spacial score (nSPS) is 11.1. The molecule has 33 heavy (non-hydrogen) atoms. The van der Waals surface area contributed by atoms with Crippen molar-refractivity contribution in [3.63, 3.8) is 0 Å². The molecule has 0 fully saturated rings. The van der Waals surface area contributed by atoms with E-state index >= 15 is 0 Å². The Morgan fingerprint density at radius 2 is 1.94 bits per heavy atom. The number of aryl methyl sites for hydroxylation is 1. The zero-order valence-electron chi connectivity index (χ0n) is 18.9. The average Bonchev–Trinajstić information content (AvgIpc) is 2.80. The second kappa shape index (κ2) is 10.3. The van der Waals surface area contributed by atoms with E-state index < -0.39 is 7.14 Å². The fourth-order valence-electron chi connectivity index (χ4n) is 3.17. The van der Waals surface area contributed by atoms with Crippen molar-refractivity contribution in [1.82, 2.24) is 9.97 Å². The van der Waals surface area contributed by atoms with Crippen molar-refractivity contribution in [2.75, 3.05) is 31.1 Å². The molecule has 10 heteroatoms. The van der Waals surface area contributed by atoms with Crippen LogP contribution in [0.3, 0.4) is 0 Å². The lowest BCUT2D eigenvalue weighted by Crippen LogP contribution is -2.14. The molecule has 0 aliphatic carbocycles. The molecular weight excluding hydrogens is 503 g/mol. The standard InChI is InChI=1S/C23H26BrN6O2P/c1-5-14-6-9-20(32-2)19(10-14)29-23-27-13-16(24)22(30-23)28-18-8-7-15(17(26)12-25)11-21(18)33(3,4)31/h6-13,25-26H,5H2,1-4H3,(H2,27,28,29,30). The van der Waals surface area contributed by atoms with Gasteiger partial charge in [0.25, 0.3) is 0 Å². The van der Waals surface area contributed by atoms with Gasteiger partial charge in [0.05, 0.1) is 28.7 Å². The Kier molecular flexibility index (Phi) is 7.66. The highest BCUT2D eigenvalue weighted by Gasteiger charge is 2.19. The van der Waals surface area contributed by atoms with Crippen molar-refractivity contribution in [3.05, 3.63) is 58.2 Å². The Hall–Kier alpha value is -3.03. The second-order valence-electron chi connectivity index (χ2n) is 7.67. The van der Waals surface area contributed by atoms with Gasteiger partial charge in [-0.2, -0.15) is 4.98 Å². The summed E-state index contributed by atoms with van der Waals surface area (Å²) < 4.78 is 19.1. The van der Waals surface area contributed by atoms with Gasteiger partial charge in [-0.1, -0.05) is 19.1 Å². The van der Waals surface area contributed by atoms with E-state index in [2.05, 4.69) is 43.5 Å². The number of anilines is 4. The van der Waals surface area contributed by atoms with Crippen LogP contribution in [0.2, 0.25) is 0 Å². The number of halogens is 1. The van der Waals surface area contributed by atoms with Gasteiger partial charge in [-0.25, -0.2) is 4.98 Å². The number of hydrogen-bond acceptors (Lipinski definition) is 8. The molecule has 4 N–H and O–H groups in total. The molecule has 0 radical (unpaired) electrons. The summed E-state index contributed by atoms with van der Waals surface area (Å²) in [6, 6.07) is 11.1. The van der Waals surface area contributed by atoms with Crippen LogP contribution in [-0.4, -0.2) is 42.3 Å². The molecule has 0 aliphatic heterocycles. The highest BCUT2D eigenvalue weighted by atomic mass is 79.9. The largest absolute Gasteiger partial charge is 0.495 e. The molecule has 0 unspecified atom stereocenters. The number of methoxy groups -OCH3 is 1. The van der Waals surface area contributed by atoms with Gasteiger partial charge in [-0.05, 0) is 65.5 Å². The van der Waals surface area contributed by atoms with Crippen molar-refractivity contribution in [3.8, 4) is 5.75 Å². The van der Waals surface area contributed by atoms with Crippen LogP contribution in [-0.2, 0) is 11.0 Å². The molecule has 0 bridgehead atoms. The Bertz CT molecular complexity index is 1260. The van der Waals surface area contributed by atoms with Gasteiger partial charge < -0.3 is 25.3 Å². The maximum absolute atomic E-state index is 13.0. The quantitative estimate of drug-likeness (QED) is 0.213. The first-order chi connectivity index (χ1) is 15.7. The van der Waals surface area contributed by atoms with Crippen molar-refractivity contribution in [2.24, 2.45) is 0 Å². The third-order valence-corrected chi connectivity index (χ3v) is 7.06. The third-order valence-electron chi connectivity index (χ3n) is 4.95. The molecule has 0 atom stereocenters. The summed E-state index contributed by atoms with van der Waals surface area (Å²) in [5.74, 6) is 1.53. The number of ether oxygens (including phenoxy) is 1. The molecule has 8 nitrogen and oxygen atoms in total. The lowest BCUT2D eigenvalue weighted by atomic mass is 10.1. The van der Waals surface area contributed by atoms with Gasteiger partial charge in [0.15, 0.2) is 0 Å². The van der Waals surface area contributed by atoms with Crippen molar-refractivity contribution >= 4 is 63.4 Å². The Labute approximate surface area is 201 Å². The minimum Gasteiger partial charge on any atom is -0.495 e. The van der Waals surface area contributed by atoms with E-state index in [-0.39, 0.29) is 5.71 Å². The smallest absolute Gasteiger partial charge is 0.229 e. The molecule has 1 heterocycles. The number of benzene rings is 2. The lowest BCUT2D eigenvalue weighted by Gasteiger charge is -2.17. The van der Waals surface area contributed by atoms with Gasteiger partial charge in [0, 0.05) is 23.3 Å². The summed E-state index contributed by atoms with van der Waals surface area (Å²) >= 11 is 3.48. The van der Waals surface area contributed by atoms with E-state index in [4.69, 9.17) is 15.6 Å². The van der Waals surface area contributed by atoms with Crippen LogP contribution >= 0.6 is 23.1 Å². The maximum atomic E-state index is 13.0. The van der Waals surface area contributed by atoms with Crippen LogP contribution in [0.25, 0.3) is 0 Å². The van der Waals surface area contributed by atoms with Crippen LogP contribution in [0.15, 0.2) is 47.1 Å². The monoisotopic (exact) mass is 528 g/mol. The minimum absolute atomic E-state index is 0.0502. The molecule has 0 saturated carbocycles. The lowest BCUT2D eigenvalue weighted by molar-refractivity contribution is 0.416. The number of rotatable bonds is 9. The summed E-state index contributed by atoms with van der Waals surface area (Å²) in [6.07, 6.45) is 3.47. The van der Waals surface area contributed by atoms with Gasteiger partial charge in [-0.3, -0.25) is 5.41 Å². The van der Waals surface area contributed by atoms with E-state index in [0.29, 0.717) is 38.5 Å². The van der Waals surface area contributed by atoms with Crippen molar-refractivity contribution in [2.45, 2.75) is 13.3 Å². The number of nitrogens with one attached hydrogen (secondary N) is 4. The predicted molar refractivity (Wildman–Crippen MR) is 140 cm³/mol. The van der Waals surface area contributed by atoms with E-state index in [1.807, 2.05) is 18.2 Å². The van der Waals surface area contributed by atoms with Gasteiger partial charge >= 0.3 is 0 Å². The maximum Gasteiger partial charge on any atom is 0.229 e. The first-order valence-corrected chi connectivity index (χ1v) is 13.6. The topological polar surface area (TPSA) is 124 Å². The van der Waals surface area contributed by atoms with Crippen molar-refractivity contribution < 1.29 is 9.30 Å². The van der Waals surface area contributed by atoms with Crippen LogP contribution in [0.1, 0.15) is 18.1 Å². The molecule has 1 aromatic heterocycles. The fourth-order valence-corrected chi connectivity index (χ4v) is 4.62. The molecular formula is C23H26BrN6O2P. The SMILES string of the molecule is CCc1ccc(OC)c(Nc2ncc(Br)c(Nc3ccc(C(=N)C=N)cc3P(C)(C)=O)n2)c1. The number of nitrogens with zero attached hydrogens (tertiary/aromatic N) is 2. The zero-order valence-corrected chi connectivity index (χ0v) is 21.3. The highest BCUT2D eigenvalue weighted by Crippen LogP contribution is 2.39. The van der Waals surface area contributed by atoms with Crippen LogP contribution < -0.4 is 20.7 Å². The Balaban J connectivity index is 1.98. The third kappa shape index (κ3) is 5.86. The molecule has 3 rings (SSSR count). The summed E-state index contributed by atoms with van der Waals surface area (Å²) in [5.41, 5.74) is 3.10. The summed E-state index contributed by atoms with van der Waals surface area (Å²) in [4.78, 5) is 8.94. The summed E-state index contributed by atoms with van der Waals surface area (Å²) in [6.45, 7) is 5.41. The Morgan fingerprint density at radius 1 is 1.18 bits per heavy atom. The van der Waals surface area contributed by atoms with Crippen LogP contribution in [0.5, 0.6) is 5.75 Å². The summed E-state index contributed by atoms with van der Waals surface area (Å²) in [5, 5.41) is 22.3. The van der Waals surface area contributed by atoms with Gasteiger partial charge in [0.1, 0.15) is 18.7 Å². The number of aromatic nitrogens is 2. The van der Waals surface area contributed by atoms with E-state index in [0.717, 1.165) is 23.9 Å². The second-order valence-corrected chi connectivity index (χ2v) is 11.7. The minimum atomic E-state index is -2.70. The molecule has 0 saturated heterocycles. The first-order valence-electron chi connectivity index (χ1n) is 10.2.